The molecule has 1 aliphatic heterocycles. The third-order valence-corrected chi connectivity index (χ3v) is 3.62. The minimum atomic E-state index is -0.727. The summed E-state index contributed by atoms with van der Waals surface area (Å²) in [5, 5.41) is 3.34. The van der Waals surface area contributed by atoms with Crippen LogP contribution in [-0.2, 0) is 9.53 Å². The third-order valence-electron chi connectivity index (χ3n) is 3.62. The standard InChI is InChI=1S/C15H22N2O2/c1-11-5-4-6-12(9-11)17-15(13(16)18)7-8-19-14(2,3)10-15/h4-6,9,17H,7-8,10H2,1-3H3,(H2,16,18). The van der Waals surface area contributed by atoms with Crippen LogP contribution in [0.4, 0.5) is 5.69 Å². The van der Waals surface area contributed by atoms with E-state index in [1.54, 1.807) is 0 Å². The van der Waals surface area contributed by atoms with Crippen LogP contribution in [-0.4, -0.2) is 23.7 Å². The maximum atomic E-state index is 12.0. The number of ether oxygens (including phenoxy) is 1. The highest BCUT2D eigenvalue weighted by Crippen LogP contribution is 2.34. The minimum absolute atomic E-state index is 0.314. The molecule has 1 unspecified atom stereocenters. The van der Waals surface area contributed by atoms with E-state index in [1.807, 2.05) is 45.0 Å². The monoisotopic (exact) mass is 262 g/mol. The van der Waals surface area contributed by atoms with Gasteiger partial charge in [-0.05, 0) is 38.5 Å². The van der Waals surface area contributed by atoms with E-state index < -0.39 is 5.54 Å². The SMILES string of the molecule is Cc1cccc(NC2(C(N)=O)CCOC(C)(C)C2)c1. The summed E-state index contributed by atoms with van der Waals surface area (Å²) in [7, 11) is 0. The Balaban J connectivity index is 2.28. The van der Waals surface area contributed by atoms with Crippen LogP contribution < -0.4 is 11.1 Å². The second-order valence-corrected chi connectivity index (χ2v) is 5.98. The van der Waals surface area contributed by atoms with Gasteiger partial charge in [0.2, 0.25) is 5.91 Å². The van der Waals surface area contributed by atoms with Crippen molar-refractivity contribution in [2.75, 3.05) is 11.9 Å². The fraction of sp³-hybridized carbons (Fsp3) is 0.533. The number of amides is 1. The number of rotatable bonds is 3. The van der Waals surface area contributed by atoms with Gasteiger partial charge in [0.15, 0.2) is 0 Å². The number of aryl methyl sites for hydroxylation is 1. The summed E-state index contributed by atoms with van der Waals surface area (Å²) in [6.45, 7) is 6.54. The second-order valence-electron chi connectivity index (χ2n) is 5.98. The predicted octanol–water partition coefficient (Wildman–Crippen LogP) is 2.22. The molecule has 2 rings (SSSR count). The lowest BCUT2D eigenvalue weighted by Crippen LogP contribution is -2.58. The van der Waals surface area contributed by atoms with Crippen LogP contribution in [0.5, 0.6) is 0 Å². The second kappa shape index (κ2) is 4.85. The maximum absolute atomic E-state index is 12.0. The molecular weight excluding hydrogens is 240 g/mol. The van der Waals surface area contributed by atoms with Gasteiger partial charge < -0.3 is 15.8 Å². The van der Waals surface area contributed by atoms with E-state index in [0.717, 1.165) is 11.3 Å². The van der Waals surface area contributed by atoms with E-state index in [-0.39, 0.29) is 11.5 Å². The molecule has 0 aliphatic carbocycles. The molecule has 4 heteroatoms. The Morgan fingerprint density at radius 3 is 2.74 bits per heavy atom. The van der Waals surface area contributed by atoms with Crippen molar-refractivity contribution in [3.05, 3.63) is 29.8 Å². The number of nitrogens with two attached hydrogens (primary N) is 1. The number of hydrogen-bond donors (Lipinski definition) is 2. The average molecular weight is 262 g/mol. The highest BCUT2D eigenvalue weighted by Gasteiger charge is 2.45. The fourth-order valence-corrected chi connectivity index (χ4v) is 2.75. The predicted molar refractivity (Wildman–Crippen MR) is 76.0 cm³/mol. The largest absolute Gasteiger partial charge is 0.375 e. The zero-order chi connectivity index (χ0) is 14.1. The lowest BCUT2D eigenvalue weighted by atomic mass is 9.80. The van der Waals surface area contributed by atoms with E-state index in [9.17, 15) is 4.79 Å². The summed E-state index contributed by atoms with van der Waals surface area (Å²) in [5.74, 6) is -0.314. The Hall–Kier alpha value is -1.55. The van der Waals surface area contributed by atoms with Gasteiger partial charge in [-0.25, -0.2) is 0 Å². The van der Waals surface area contributed by atoms with Crippen LogP contribution >= 0.6 is 0 Å². The molecule has 104 valence electrons. The van der Waals surface area contributed by atoms with Gasteiger partial charge >= 0.3 is 0 Å². The molecule has 1 heterocycles. The number of primary amides is 1. The molecule has 0 spiro atoms. The smallest absolute Gasteiger partial charge is 0.243 e. The average Bonchev–Trinajstić information content (AvgIpc) is 2.27. The number of anilines is 1. The lowest BCUT2D eigenvalue weighted by molar-refractivity contribution is -0.133. The van der Waals surface area contributed by atoms with Gasteiger partial charge in [-0.15, -0.1) is 0 Å². The Labute approximate surface area is 114 Å². The molecular formula is C15H22N2O2. The van der Waals surface area contributed by atoms with Crippen LogP contribution in [0.15, 0.2) is 24.3 Å². The van der Waals surface area contributed by atoms with Crippen molar-refractivity contribution >= 4 is 11.6 Å². The molecule has 0 saturated carbocycles. The topological polar surface area (TPSA) is 64.3 Å². The summed E-state index contributed by atoms with van der Waals surface area (Å²) in [6.07, 6.45) is 1.17. The van der Waals surface area contributed by atoms with Crippen molar-refractivity contribution < 1.29 is 9.53 Å². The highest BCUT2D eigenvalue weighted by atomic mass is 16.5. The van der Waals surface area contributed by atoms with Crippen LogP contribution in [0.25, 0.3) is 0 Å². The molecule has 1 aliphatic rings. The Morgan fingerprint density at radius 1 is 1.42 bits per heavy atom. The molecule has 0 radical (unpaired) electrons. The first kappa shape index (κ1) is 13.9. The van der Waals surface area contributed by atoms with Crippen molar-refractivity contribution in [2.24, 2.45) is 5.73 Å². The normalized spacial score (nSPS) is 25.8. The van der Waals surface area contributed by atoms with Crippen LogP contribution in [0.2, 0.25) is 0 Å². The molecule has 1 fully saturated rings. The molecule has 1 atom stereocenters. The zero-order valence-electron chi connectivity index (χ0n) is 11.8. The van der Waals surface area contributed by atoms with Crippen LogP contribution in [0, 0.1) is 6.92 Å². The van der Waals surface area contributed by atoms with Crippen molar-refractivity contribution in [1.82, 2.24) is 0 Å². The van der Waals surface area contributed by atoms with Gasteiger partial charge in [0, 0.05) is 18.5 Å². The van der Waals surface area contributed by atoms with Gasteiger partial charge in [0.1, 0.15) is 5.54 Å². The van der Waals surface area contributed by atoms with Crippen LogP contribution in [0.1, 0.15) is 32.3 Å². The fourth-order valence-electron chi connectivity index (χ4n) is 2.75. The summed E-state index contributed by atoms with van der Waals surface area (Å²) in [5.41, 5.74) is 6.66. The van der Waals surface area contributed by atoms with E-state index in [4.69, 9.17) is 10.5 Å². The van der Waals surface area contributed by atoms with Gasteiger partial charge in [-0.1, -0.05) is 12.1 Å². The summed E-state index contributed by atoms with van der Waals surface area (Å²) in [6, 6.07) is 7.97. The molecule has 1 aromatic carbocycles. The molecule has 0 bridgehead atoms. The van der Waals surface area contributed by atoms with Crippen LogP contribution in [0.3, 0.4) is 0 Å². The molecule has 1 aromatic rings. The minimum Gasteiger partial charge on any atom is -0.375 e. The first-order valence-corrected chi connectivity index (χ1v) is 6.62. The molecule has 1 saturated heterocycles. The van der Waals surface area contributed by atoms with E-state index in [0.29, 0.717) is 19.4 Å². The van der Waals surface area contributed by atoms with Gasteiger partial charge in [-0.2, -0.15) is 0 Å². The Kier molecular flexibility index (Phi) is 3.54. The number of carbonyl (C=O) groups excluding carboxylic acids is 1. The Morgan fingerprint density at radius 2 is 2.16 bits per heavy atom. The van der Waals surface area contributed by atoms with Crippen molar-refractivity contribution in [3.63, 3.8) is 0 Å². The van der Waals surface area contributed by atoms with Crippen molar-refractivity contribution in [3.8, 4) is 0 Å². The third kappa shape index (κ3) is 3.07. The first-order valence-electron chi connectivity index (χ1n) is 6.62. The quantitative estimate of drug-likeness (QED) is 0.878. The molecule has 0 aromatic heterocycles. The number of hydrogen-bond acceptors (Lipinski definition) is 3. The van der Waals surface area contributed by atoms with Crippen molar-refractivity contribution in [1.29, 1.82) is 0 Å². The summed E-state index contributed by atoms with van der Waals surface area (Å²) in [4.78, 5) is 12.0. The lowest BCUT2D eigenvalue weighted by Gasteiger charge is -2.43. The summed E-state index contributed by atoms with van der Waals surface area (Å²) < 4.78 is 5.68. The van der Waals surface area contributed by atoms with E-state index in [1.165, 1.54) is 0 Å². The molecule has 19 heavy (non-hydrogen) atoms. The molecule has 1 amide bonds. The zero-order valence-corrected chi connectivity index (χ0v) is 11.8. The number of carbonyl (C=O) groups is 1. The first-order chi connectivity index (χ1) is 8.83. The van der Waals surface area contributed by atoms with Gasteiger partial charge in [0.05, 0.1) is 12.2 Å². The van der Waals surface area contributed by atoms with E-state index >= 15 is 0 Å². The van der Waals surface area contributed by atoms with E-state index in [2.05, 4.69) is 5.32 Å². The molecule has 3 N–H and O–H groups in total. The van der Waals surface area contributed by atoms with Gasteiger partial charge in [-0.3, -0.25) is 4.79 Å². The molecule has 4 nitrogen and oxygen atoms in total. The Bertz CT molecular complexity index is 485. The summed E-state index contributed by atoms with van der Waals surface area (Å²) >= 11 is 0. The number of nitrogens with one attached hydrogen (secondary N) is 1. The van der Waals surface area contributed by atoms with Crippen molar-refractivity contribution in [2.45, 2.75) is 44.8 Å². The highest BCUT2D eigenvalue weighted by molar-refractivity contribution is 5.88. The number of benzene rings is 1. The van der Waals surface area contributed by atoms with Gasteiger partial charge in [0.25, 0.3) is 0 Å². The maximum Gasteiger partial charge on any atom is 0.243 e.